The van der Waals surface area contributed by atoms with Gasteiger partial charge in [-0.2, -0.15) is 0 Å². The molecular weight excluding hydrogens is 906 g/mol. The molecule has 0 aromatic heterocycles. The molecule has 3 rings (SSSR count). The molecule has 3 aliphatic heterocycles. The molecule has 0 unspecified atom stereocenters. The van der Waals surface area contributed by atoms with E-state index in [0.29, 0.717) is 5.57 Å². The first-order valence-electron chi connectivity index (χ1n) is 15.3. The van der Waals surface area contributed by atoms with Crippen LogP contribution in [0.2, 0.25) is 0 Å². The zero-order valence-electron chi connectivity index (χ0n) is 27.0. The summed E-state index contributed by atoms with van der Waals surface area (Å²) < 4.78 is 20.9. The highest BCUT2D eigenvalue weighted by molar-refractivity contribution is 8.18. The highest BCUT2D eigenvalue weighted by atomic mass is 35.6. The van der Waals surface area contributed by atoms with Crippen LogP contribution in [0.5, 0.6) is 0 Å². The lowest BCUT2D eigenvalue weighted by Crippen LogP contribution is -2.55. The maximum absolute atomic E-state index is 12.9. The summed E-state index contributed by atoms with van der Waals surface area (Å²) in [5, 5.41) is 2.59. The number of alkyl halides is 9. The lowest BCUT2D eigenvalue weighted by Gasteiger charge is -2.42. The van der Waals surface area contributed by atoms with Crippen LogP contribution in [-0.2, 0) is 47.7 Å². The number of hydrogen-bond acceptors (Lipinski definition) is 12. The molecule has 0 saturated carbocycles. The number of ether oxygens (including phenoxy) is 5. The second-order valence-corrected chi connectivity index (χ2v) is 21.6. The Morgan fingerprint density at radius 1 is 0.843 bits per heavy atom. The van der Waals surface area contributed by atoms with Gasteiger partial charge < -0.3 is 29.0 Å². The molecule has 0 bridgehead atoms. The van der Waals surface area contributed by atoms with E-state index in [9.17, 15) is 24.0 Å². The van der Waals surface area contributed by atoms with Crippen molar-refractivity contribution < 1.29 is 47.7 Å². The molecule has 3 aliphatic rings. The Balaban J connectivity index is 1.78. The number of esters is 3. The van der Waals surface area contributed by atoms with Gasteiger partial charge in [0.1, 0.15) is 22.9 Å². The SMILES string of the molecule is C/C(=C\C(=O)NCC(=O)C1SCCCS1)C[C@@H]1OC[C@H](C[C@@H]2O[C@H]2[C@@H](C)[C@H](C)OC(=O)C(Cl)(Cl)Cl)[C@@H](OC(=O)C(Cl)(Cl)Cl)[C@H]1OC(=O)C(Cl)(Cl)Cl. The topological polar surface area (TPSA) is 147 Å². The number of amides is 1. The van der Waals surface area contributed by atoms with E-state index in [1.807, 2.05) is 0 Å². The molecule has 3 saturated heterocycles. The minimum atomic E-state index is -2.53. The number of carbonyl (C=O) groups excluding carboxylic acids is 5. The fourth-order valence-corrected chi connectivity index (χ4v) is 8.41. The van der Waals surface area contributed by atoms with Crippen LogP contribution in [0.3, 0.4) is 0 Å². The highest BCUT2D eigenvalue weighted by Gasteiger charge is 2.54. The van der Waals surface area contributed by atoms with Crippen LogP contribution in [0.4, 0.5) is 0 Å². The minimum Gasteiger partial charge on any atom is -0.459 e. The van der Waals surface area contributed by atoms with Crippen molar-refractivity contribution in [2.45, 2.75) is 92.6 Å². The van der Waals surface area contributed by atoms with Crippen molar-refractivity contribution in [3.63, 3.8) is 0 Å². The van der Waals surface area contributed by atoms with E-state index < -0.39 is 77.7 Å². The number of nitrogens with one attached hydrogen (secondary N) is 1. The van der Waals surface area contributed by atoms with E-state index in [1.165, 1.54) is 6.08 Å². The molecule has 0 radical (unpaired) electrons. The third-order valence-electron chi connectivity index (χ3n) is 8.00. The molecule has 0 aromatic carbocycles. The van der Waals surface area contributed by atoms with Gasteiger partial charge in [-0.3, -0.25) is 9.59 Å². The van der Waals surface area contributed by atoms with Crippen LogP contribution >= 0.6 is 128 Å². The number of Topliss-reactive ketones (excluding diaryl/α,β-unsaturated/α-hetero) is 1. The van der Waals surface area contributed by atoms with Gasteiger partial charge >= 0.3 is 17.9 Å². The molecule has 8 atom stereocenters. The van der Waals surface area contributed by atoms with E-state index in [2.05, 4.69) is 5.32 Å². The van der Waals surface area contributed by atoms with Gasteiger partial charge in [-0.05, 0) is 44.6 Å². The van der Waals surface area contributed by atoms with E-state index in [4.69, 9.17) is 128 Å². The van der Waals surface area contributed by atoms with Gasteiger partial charge in [0.15, 0.2) is 11.9 Å². The molecule has 11 nitrogen and oxygen atoms in total. The van der Waals surface area contributed by atoms with Gasteiger partial charge in [0.25, 0.3) is 11.4 Å². The molecule has 0 aliphatic carbocycles. The summed E-state index contributed by atoms with van der Waals surface area (Å²) in [7, 11) is 0. The third kappa shape index (κ3) is 14.5. The van der Waals surface area contributed by atoms with Crippen molar-refractivity contribution in [3.8, 4) is 0 Å². The summed E-state index contributed by atoms with van der Waals surface area (Å²) in [5.74, 6) is -3.63. The van der Waals surface area contributed by atoms with Gasteiger partial charge in [-0.1, -0.05) is 117 Å². The summed E-state index contributed by atoms with van der Waals surface area (Å²) in [5.41, 5.74) is 0.448. The average Bonchev–Trinajstić information content (AvgIpc) is 3.79. The number of thioether (sulfide) groups is 2. The molecule has 1 amide bonds. The summed E-state index contributed by atoms with van der Waals surface area (Å²) in [4.78, 5) is 63.0. The lowest BCUT2D eigenvalue weighted by molar-refractivity contribution is -0.208. The Morgan fingerprint density at radius 3 is 1.94 bits per heavy atom. The minimum absolute atomic E-state index is 0.0340. The van der Waals surface area contributed by atoms with E-state index in [1.54, 1.807) is 44.3 Å². The van der Waals surface area contributed by atoms with Crippen LogP contribution in [-0.4, -0.2) is 107 Å². The Labute approximate surface area is 348 Å². The standard InChI is InChI=1S/C29H34Cl9NO10S2/c1-12(8-19(41)39-10-16(40)23-50-5-4-6-51-23)7-17-22(49-26(44)29(36,37)38)21(48-25(43)28(33,34)35)15(11-45-17)9-18-20(47-18)13(2)14(3)46-24(42)27(30,31)32/h8,13-15,17-18,20-23H,4-7,9-11H2,1-3H3,(H,39,41)/b12-8+/t13-,14-,15-,17-,18-,20-,21+,22-/m0/s1. The smallest absolute Gasteiger partial charge is 0.359 e. The fourth-order valence-electron chi connectivity index (χ4n) is 5.28. The molecule has 3 heterocycles. The number of hydrogen-bond donors (Lipinski definition) is 1. The number of rotatable bonds is 13. The first-order chi connectivity index (χ1) is 23.5. The molecular formula is C29H34Cl9NO10S2. The summed E-state index contributed by atoms with van der Waals surface area (Å²) in [6.07, 6.45) is -3.04. The Morgan fingerprint density at radius 2 is 1.39 bits per heavy atom. The van der Waals surface area contributed by atoms with Gasteiger partial charge in [-0.15, -0.1) is 23.5 Å². The van der Waals surface area contributed by atoms with Gasteiger partial charge in [-0.25, -0.2) is 14.4 Å². The zero-order valence-corrected chi connectivity index (χ0v) is 35.5. The van der Waals surface area contributed by atoms with Gasteiger partial charge in [0.05, 0.1) is 25.4 Å². The fraction of sp³-hybridized carbons (Fsp3) is 0.759. The molecule has 290 valence electrons. The summed E-state index contributed by atoms with van der Waals surface area (Å²) in [6, 6.07) is 0. The number of carbonyl (C=O) groups is 5. The van der Waals surface area contributed by atoms with E-state index in [0.717, 1.165) is 17.9 Å². The highest BCUT2D eigenvalue weighted by Crippen LogP contribution is 2.42. The van der Waals surface area contributed by atoms with Crippen molar-refractivity contribution in [2.75, 3.05) is 24.7 Å². The molecule has 3 fully saturated rings. The number of ketones is 1. The molecule has 0 spiro atoms. The molecule has 0 aromatic rings. The summed E-state index contributed by atoms with van der Waals surface area (Å²) >= 11 is 54.9. The maximum Gasteiger partial charge on any atom is 0.359 e. The van der Waals surface area contributed by atoms with Crippen LogP contribution < -0.4 is 5.32 Å². The van der Waals surface area contributed by atoms with Crippen LogP contribution in [0.1, 0.15) is 40.0 Å². The third-order valence-corrected chi connectivity index (χ3v) is 12.4. The summed E-state index contributed by atoms with van der Waals surface area (Å²) in [6.45, 7) is 4.75. The molecule has 22 heteroatoms. The zero-order chi connectivity index (χ0) is 38.5. The van der Waals surface area contributed by atoms with E-state index >= 15 is 0 Å². The lowest BCUT2D eigenvalue weighted by atomic mass is 9.85. The average molecular weight is 940 g/mol. The predicted molar refractivity (Wildman–Crippen MR) is 202 cm³/mol. The van der Waals surface area contributed by atoms with Crippen LogP contribution in [0.15, 0.2) is 11.6 Å². The second kappa shape index (κ2) is 19.6. The first-order valence-corrected chi connectivity index (χ1v) is 20.8. The quantitative estimate of drug-likeness (QED) is 0.0676. The van der Waals surface area contributed by atoms with Crippen LogP contribution in [0, 0.1) is 11.8 Å². The Kier molecular flexibility index (Phi) is 17.6. The second-order valence-electron chi connectivity index (χ2n) is 12.0. The van der Waals surface area contributed by atoms with Crippen molar-refractivity contribution in [2.24, 2.45) is 11.8 Å². The van der Waals surface area contributed by atoms with Crippen molar-refractivity contribution in [1.82, 2.24) is 5.32 Å². The largest absolute Gasteiger partial charge is 0.459 e. The van der Waals surface area contributed by atoms with Crippen LogP contribution in [0.25, 0.3) is 0 Å². The monoisotopic (exact) mass is 935 g/mol. The van der Waals surface area contributed by atoms with Crippen molar-refractivity contribution in [1.29, 1.82) is 0 Å². The normalized spacial score (nSPS) is 27.5. The van der Waals surface area contributed by atoms with Gasteiger partial charge in [0.2, 0.25) is 5.91 Å². The van der Waals surface area contributed by atoms with E-state index in [-0.39, 0.29) is 42.3 Å². The van der Waals surface area contributed by atoms with Crippen molar-refractivity contribution in [3.05, 3.63) is 11.6 Å². The number of epoxide rings is 1. The predicted octanol–water partition coefficient (Wildman–Crippen LogP) is 6.88. The maximum atomic E-state index is 12.9. The Hall–Kier alpha value is 0.520. The molecule has 51 heavy (non-hydrogen) atoms. The van der Waals surface area contributed by atoms with Crippen molar-refractivity contribution >= 4 is 158 Å². The number of halogens is 9. The Bertz CT molecular complexity index is 1320. The molecule has 1 N–H and O–H groups in total. The first kappa shape index (κ1) is 45.9. The van der Waals surface area contributed by atoms with Gasteiger partial charge in [0, 0.05) is 17.9 Å².